The first kappa shape index (κ1) is 14.7. The van der Waals surface area contributed by atoms with Crippen LogP contribution in [0.1, 0.15) is 5.82 Å². The lowest BCUT2D eigenvalue weighted by Crippen LogP contribution is -2.27. The van der Waals surface area contributed by atoms with Gasteiger partial charge in [0.15, 0.2) is 11.6 Å². The highest BCUT2D eigenvalue weighted by Gasteiger charge is 2.21. The SMILES string of the molecule is Nc1cc(Cl)cc(S(=O)(=O)NCCc2ncon2)c1F. The number of sulfonamides is 1. The molecule has 0 atom stereocenters. The van der Waals surface area contributed by atoms with Gasteiger partial charge < -0.3 is 10.3 Å². The fourth-order valence-electron chi connectivity index (χ4n) is 1.46. The van der Waals surface area contributed by atoms with Crippen LogP contribution in [0, 0.1) is 5.82 Å². The molecule has 0 amide bonds. The zero-order chi connectivity index (χ0) is 14.8. The molecular weight excluding hydrogens is 311 g/mol. The monoisotopic (exact) mass is 320 g/mol. The Balaban J connectivity index is 2.14. The van der Waals surface area contributed by atoms with Crippen LogP contribution in [0.15, 0.2) is 27.9 Å². The standard InChI is InChI=1S/C10H10ClFN4O3S/c11-6-3-7(13)10(12)8(4-6)20(17,18)15-2-1-9-14-5-19-16-9/h3-5,15H,1-2,13H2. The molecule has 0 saturated heterocycles. The van der Waals surface area contributed by atoms with E-state index in [4.69, 9.17) is 17.3 Å². The molecule has 0 bridgehead atoms. The van der Waals surface area contributed by atoms with Crippen molar-refractivity contribution in [1.29, 1.82) is 0 Å². The maximum Gasteiger partial charge on any atom is 0.243 e. The molecule has 3 N–H and O–H groups in total. The van der Waals surface area contributed by atoms with Gasteiger partial charge in [0.1, 0.15) is 4.90 Å². The molecule has 1 aromatic heterocycles. The maximum atomic E-state index is 13.7. The smallest absolute Gasteiger partial charge is 0.243 e. The summed E-state index contributed by atoms with van der Waals surface area (Å²) in [5.74, 6) is -0.708. The molecule has 0 unspecified atom stereocenters. The number of aromatic nitrogens is 2. The van der Waals surface area contributed by atoms with Crippen LogP contribution in [0.5, 0.6) is 0 Å². The third-order valence-electron chi connectivity index (χ3n) is 2.37. The number of hydrogen-bond donors (Lipinski definition) is 2. The van der Waals surface area contributed by atoms with Crippen molar-refractivity contribution in [1.82, 2.24) is 14.9 Å². The van der Waals surface area contributed by atoms with E-state index in [-0.39, 0.29) is 23.7 Å². The number of halogens is 2. The number of hydrogen-bond acceptors (Lipinski definition) is 6. The molecular formula is C10H10ClFN4O3S. The summed E-state index contributed by atoms with van der Waals surface area (Å²) in [7, 11) is -4.06. The van der Waals surface area contributed by atoms with Gasteiger partial charge in [0.05, 0.1) is 5.69 Å². The van der Waals surface area contributed by atoms with Gasteiger partial charge in [-0.25, -0.2) is 17.5 Å². The van der Waals surface area contributed by atoms with Gasteiger partial charge in [-0.15, -0.1) is 0 Å². The van der Waals surface area contributed by atoms with Crippen LogP contribution in [0.3, 0.4) is 0 Å². The number of nitrogens with zero attached hydrogens (tertiary/aromatic N) is 2. The molecule has 7 nitrogen and oxygen atoms in total. The minimum absolute atomic E-state index is 0.0201. The van der Waals surface area contributed by atoms with Gasteiger partial charge in [0.25, 0.3) is 0 Å². The van der Waals surface area contributed by atoms with Gasteiger partial charge in [0.2, 0.25) is 16.4 Å². The summed E-state index contributed by atoms with van der Waals surface area (Å²) in [4.78, 5) is 3.13. The van der Waals surface area contributed by atoms with Gasteiger partial charge >= 0.3 is 0 Å². The van der Waals surface area contributed by atoms with Crippen molar-refractivity contribution in [3.05, 3.63) is 35.2 Å². The molecule has 108 valence electrons. The van der Waals surface area contributed by atoms with E-state index >= 15 is 0 Å². The summed E-state index contributed by atoms with van der Waals surface area (Å²) in [5.41, 5.74) is 5.00. The Kier molecular flexibility index (Phi) is 4.21. The number of nitrogen functional groups attached to an aromatic ring is 1. The second-order valence-electron chi connectivity index (χ2n) is 3.80. The summed E-state index contributed by atoms with van der Waals surface area (Å²) in [5, 5.41) is 3.55. The van der Waals surface area contributed by atoms with E-state index < -0.39 is 20.7 Å². The van der Waals surface area contributed by atoms with E-state index in [0.29, 0.717) is 5.82 Å². The molecule has 2 rings (SSSR count). The number of nitrogens with two attached hydrogens (primary N) is 1. The highest BCUT2D eigenvalue weighted by Crippen LogP contribution is 2.24. The summed E-state index contributed by atoms with van der Waals surface area (Å²) in [6, 6.07) is 2.12. The Morgan fingerprint density at radius 2 is 2.20 bits per heavy atom. The first-order chi connectivity index (χ1) is 9.40. The molecule has 0 saturated carbocycles. The molecule has 0 aliphatic heterocycles. The van der Waals surface area contributed by atoms with E-state index in [1.807, 2.05) is 0 Å². The molecule has 0 spiro atoms. The van der Waals surface area contributed by atoms with Gasteiger partial charge in [-0.2, -0.15) is 4.98 Å². The highest BCUT2D eigenvalue weighted by atomic mass is 35.5. The number of anilines is 1. The lowest BCUT2D eigenvalue weighted by molar-refractivity contribution is 0.409. The minimum atomic E-state index is -4.06. The third kappa shape index (κ3) is 3.24. The lowest BCUT2D eigenvalue weighted by Gasteiger charge is -2.08. The van der Waals surface area contributed by atoms with Crippen LogP contribution >= 0.6 is 11.6 Å². The van der Waals surface area contributed by atoms with Gasteiger partial charge in [-0.1, -0.05) is 16.8 Å². The van der Waals surface area contributed by atoms with Crippen molar-refractivity contribution in [3.8, 4) is 0 Å². The normalized spacial score (nSPS) is 11.7. The van der Waals surface area contributed by atoms with Crippen molar-refractivity contribution in [3.63, 3.8) is 0 Å². The van der Waals surface area contributed by atoms with Crippen LogP contribution in [-0.4, -0.2) is 25.1 Å². The number of benzene rings is 1. The summed E-state index contributed by atoms with van der Waals surface area (Å²) in [6.07, 6.45) is 1.33. The summed E-state index contributed by atoms with van der Waals surface area (Å²) in [6.45, 7) is -0.0201. The molecule has 2 aromatic rings. The molecule has 1 heterocycles. The largest absolute Gasteiger partial charge is 0.396 e. The Hall–Kier alpha value is -1.71. The van der Waals surface area contributed by atoms with E-state index in [1.165, 1.54) is 0 Å². The van der Waals surface area contributed by atoms with Gasteiger partial charge in [-0.05, 0) is 12.1 Å². The quantitative estimate of drug-likeness (QED) is 0.794. The second kappa shape index (κ2) is 5.73. The van der Waals surface area contributed by atoms with Gasteiger partial charge in [-0.3, -0.25) is 0 Å². The van der Waals surface area contributed by atoms with Crippen molar-refractivity contribution >= 4 is 27.3 Å². The predicted octanol–water partition coefficient (Wildman–Crippen LogP) is 0.965. The Morgan fingerprint density at radius 1 is 1.45 bits per heavy atom. The van der Waals surface area contributed by atoms with Gasteiger partial charge in [0, 0.05) is 18.0 Å². The topological polar surface area (TPSA) is 111 Å². The van der Waals surface area contributed by atoms with Crippen molar-refractivity contribution in [2.24, 2.45) is 0 Å². The van der Waals surface area contributed by atoms with Crippen LogP contribution < -0.4 is 10.5 Å². The van der Waals surface area contributed by atoms with Crippen molar-refractivity contribution in [2.45, 2.75) is 11.3 Å². The Bertz CT molecular complexity index is 706. The van der Waals surface area contributed by atoms with Crippen LogP contribution in [0.4, 0.5) is 10.1 Å². The van der Waals surface area contributed by atoms with Crippen molar-refractivity contribution in [2.75, 3.05) is 12.3 Å². The fourth-order valence-corrected chi connectivity index (χ4v) is 2.91. The van der Waals surface area contributed by atoms with Crippen molar-refractivity contribution < 1.29 is 17.3 Å². The third-order valence-corrected chi connectivity index (χ3v) is 4.05. The molecule has 0 aliphatic carbocycles. The lowest BCUT2D eigenvalue weighted by atomic mass is 10.3. The van der Waals surface area contributed by atoms with Crippen LogP contribution in [0.25, 0.3) is 0 Å². The number of nitrogens with one attached hydrogen (secondary N) is 1. The molecule has 0 aliphatic rings. The van der Waals surface area contributed by atoms with Crippen LogP contribution in [0.2, 0.25) is 5.02 Å². The summed E-state index contributed by atoms with van der Waals surface area (Å²) < 4.78 is 44.4. The fraction of sp³-hybridized carbons (Fsp3) is 0.200. The van der Waals surface area contributed by atoms with E-state index in [0.717, 1.165) is 18.5 Å². The number of rotatable bonds is 5. The molecule has 20 heavy (non-hydrogen) atoms. The molecule has 0 radical (unpaired) electrons. The van der Waals surface area contributed by atoms with E-state index in [1.54, 1.807) is 0 Å². The highest BCUT2D eigenvalue weighted by molar-refractivity contribution is 7.89. The zero-order valence-electron chi connectivity index (χ0n) is 10.0. The van der Waals surface area contributed by atoms with Crippen LogP contribution in [-0.2, 0) is 16.4 Å². The molecule has 0 fully saturated rings. The second-order valence-corrected chi connectivity index (χ2v) is 5.97. The molecule has 1 aromatic carbocycles. The first-order valence-electron chi connectivity index (χ1n) is 5.39. The zero-order valence-corrected chi connectivity index (χ0v) is 11.6. The maximum absolute atomic E-state index is 13.7. The average molecular weight is 321 g/mol. The first-order valence-corrected chi connectivity index (χ1v) is 7.25. The summed E-state index contributed by atoms with van der Waals surface area (Å²) >= 11 is 5.67. The Morgan fingerprint density at radius 3 is 2.85 bits per heavy atom. The Labute approximate surface area is 119 Å². The average Bonchev–Trinajstić information content (AvgIpc) is 2.86. The molecule has 10 heteroatoms. The predicted molar refractivity (Wildman–Crippen MR) is 69.0 cm³/mol. The van der Waals surface area contributed by atoms with E-state index in [2.05, 4.69) is 19.4 Å². The minimum Gasteiger partial charge on any atom is -0.396 e. The van der Waals surface area contributed by atoms with E-state index in [9.17, 15) is 12.8 Å².